The van der Waals surface area contributed by atoms with E-state index >= 15 is 0 Å². The Morgan fingerprint density at radius 3 is 3.06 bits per heavy atom. The van der Waals surface area contributed by atoms with Crippen molar-refractivity contribution in [2.75, 3.05) is 13.7 Å². The third kappa shape index (κ3) is 2.26. The number of benzene rings is 1. The second kappa shape index (κ2) is 4.78. The van der Waals surface area contributed by atoms with Crippen LogP contribution >= 0.6 is 11.8 Å². The highest BCUT2D eigenvalue weighted by Crippen LogP contribution is 2.42. The normalized spacial score (nSPS) is 31.1. The molecule has 1 aliphatic heterocycles. The number of aryl methyl sites for hydroxylation is 1. The fourth-order valence-electron chi connectivity index (χ4n) is 3.11. The van der Waals surface area contributed by atoms with Gasteiger partial charge in [0, 0.05) is 11.7 Å². The van der Waals surface area contributed by atoms with Gasteiger partial charge in [0.1, 0.15) is 5.75 Å². The second-order valence-electron chi connectivity index (χ2n) is 5.45. The van der Waals surface area contributed by atoms with Crippen LogP contribution in [-0.2, 0) is 12.8 Å². The fourth-order valence-corrected chi connectivity index (χ4v) is 4.76. The van der Waals surface area contributed by atoms with E-state index in [9.17, 15) is 0 Å². The van der Waals surface area contributed by atoms with Gasteiger partial charge in [-0.2, -0.15) is 0 Å². The second-order valence-corrected chi connectivity index (χ2v) is 7.27. The van der Waals surface area contributed by atoms with Crippen LogP contribution < -0.4 is 10.1 Å². The van der Waals surface area contributed by atoms with Gasteiger partial charge in [0.05, 0.1) is 12.0 Å². The minimum Gasteiger partial charge on any atom is -0.497 e. The zero-order chi connectivity index (χ0) is 12.6. The number of rotatable bonds is 1. The highest BCUT2D eigenvalue weighted by atomic mass is 32.2. The van der Waals surface area contributed by atoms with Gasteiger partial charge >= 0.3 is 0 Å². The summed E-state index contributed by atoms with van der Waals surface area (Å²) in [6.07, 6.45) is 4.86. The molecule has 1 aliphatic carbocycles. The highest BCUT2D eigenvalue weighted by Gasteiger charge is 2.38. The molecular weight excluding hydrogens is 242 g/mol. The van der Waals surface area contributed by atoms with E-state index in [-0.39, 0.29) is 4.87 Å². The number of thioether (sulfide) groups is 1. The smallest absolute Gasteiger partial charge is 0.119 e. The molecule has 1 fully saturated rings. The van der Waals surface area contributed by atoms with Crippen molar-refractivity contribution in [1.29, 1.82) is 0 Å². The Hall–Kier alpha value is -0.670. The summed E-state index contributed by atoms with van der Waals surface area (Å²) in [5.74, 6) is 0.986. The van der Waals surface area contributed by atoms with Crippen LogP contribution in [0, 0.1) is 0 Å². The quantitative estimate of drug-likeness (QED) is 0.841. The van der Waals surface area contributed by atoms with Crippen molar-refractivity contribution in [2.24, 2.45) is 0 Å². The molecule has 0 radical (unpaired) electrons. The predicted octanol–water partition coefficient (Wildman–Crippen LogP) is 3.00. The van der Waals surface area contributed by atoms with Crippen molar-refractivity contribution >= 4 is 11.8 Å². The summed E-state index contributed by atoms with van der Waals surface area (Å²) < 4.78 is 5.35. The first-order valence-corrected chi connectivity index (χ1v) is 7.67. The molecule has 1 spiro atoms. The maximum atomic E-state index is 5.35. The van der Waals surface area contributed by atoms with E-state index in [1.807, 2.05) is 0 Å². The summed E-state index contributed by atoms with van der Waals surface area (Å²) in [4.78, 5) is 0.275. The highest BCUT2D eigenvalue weighted by molar-refractivity contribution is 8.01. The number of hydrogen-bond acceptors (Lipinski definition) is 3. The predicted molar refractivity (Wildman–Crippen MR) is 77.4 cm³/mol. The van der Waals surface area contributed by atoms with Gasteiger partial charge in [-0.05, 0) is 49.1 Å². The van der Waals surface area contributed by atoms with E-state index in [2.05, 4.69) is 42.2 Å². The molecule has 0 amide bonds. The van der Waals surface area contributed by atoms with Gasteiger partial charge in [0.15, 0.2) is 0 Å². The summed E-state index contributed by atoms with van der Waals surface area (Å²) in [6.45, 7) is 3.52. The SMILES string of the molecule is COc1ccc2c(c1)CC1(CC2)NCCC(C)S1. The first-order valence-electron chi connectivity index (χ1n) is 6.79. The number of fused-ring (bicyclic) bond motifs is 1. The third-order valence-electron chi connectivity index (χ3n) is 4.11. The molecule has 2 nitrogen and oxygen atoms in total. The lowest BCUT2D eigenvalue weighted by molar-refractivity contribution is 0.389. The molecule has 18 heavy (non-hydrogen) atoms. The Morgan fingerprint density at radius 2 is 2.28 bits per heavy atom. The van der Waals surface area contributed by atoms with Gasteiger partial charge < -0.3 is 10.1 Å². The summed E-state index contributed by atoms with van der Waals surface area (Å²) >= 11 is 2.13. The van der Waals surface area contributed by atoms with Crippen molar-refractivity contribution < 1.29 is 4.74 Å². The van der Waals surface area contributed by atoms with Gasteiger partial charge in [0.25, 0.3) is 0 Å². The summed E-state index contributed by atoms with van der Waals surface area (Å²) in [6, 6.07) is 6.54. The maximum Gasteiger partial charge on any atom is 0.119 e. The zero-order valence-corrected chi connectivity index (χ0v) is 12.0. The lowest BCUT2D eigenvalue weighted by Gasteiger charge is -2.43. The van der Waals surface area contributed by atoms with Gasteiger partial charge in [-0.25, -0.2) is 0 Å². The van der Waals surface area contributed by atoms with Crippen LogP contribution in [-0.4, -0.2) is 23.8 Å². The number of ether oxygens (including phenoxy) is 1. The molecular formula is C15H21NOS. The van der Waals surface area contributed by atoms with Crippen molar-refractivity contribution in [3.63, 3.8) is 0 Å². The molecule has 3 rings (SSSR count). The lowest BCUT2D eigenvalue weighted by atomic mass is 9.87. The van der Waals surface area contributed by atoms with Crippen molar-refractivity contribution in [1.82, 2.24) is 5.32 Å². The first kappa shape index (κ1) is 12.4. The average Bonchev–Trinajstić information content (AvgIpc) is 2.37. The molecule has 0 saturated carbocycles. The van der Waals surface area contributed by atoms with E-state index in [4.69, 9.17) is 4.74 Å². The third-order valence-corrected chi connectivity index (χ3v) is 5.69. The molecule has 1 aromatic rings. The van der Waals surface area contributed by atoms with Gasteiger partial charge in [-0.1, -0.05) is 13.0 Å². The van der Waals surface area contributed by atoms with E-state index in [1.165, 1.54) is 30.4 Å². The monoisotopic (exact) mass is 263 g/mol. The lowest BCUT2D eigenvalue weighted by Crippen LogP contribution is -2.51. The van der Waals surface area contributed by atoms with Crippen LogP contribution in [0.25, 0.3) is 0 Å². The van der Waals surface area contributed by atoms with E-state index in [0.29, 0.717) is 0 Å². The Morgan fingerprint density at radius 1 is 1.39 bits per heavy atom. The minimum absolute atomic E-state index is 0.275. The first-order chi connectivity index (χ1) is 8.71. The van der Waals surface area contributed by atoms with Crippen molar-refractivity contribution in [3.05, 3.63) is 29.3 Å². The van der Waals surface area contributed by atoms with Crippen LogP contribution in [0.15, 0.2) is 18.2 Å². The van der Waals surface area contributed by atoms with Gasteiger partial charge in [0.2, 0.25) is 0 Å². The van der Waals surface area contributed by atoms with Crippen LogP contribution in [0.4, 0.5) is 0 Å². The molecule has 0 aromatic heterocycles. The Bertz CT molecular complexity index is 448. The Balaban J connectivity index is 1.87. The molecule has 1 aromatic carbocycles. The Labute approximate surface area is 113 Å². The topological polar surface area (TPSA) is 21.3 Å². The van der Waals surface area contributed by atoms with E-state index in [1.54, 1.807) is 7.11 Å². The summed E-state index contributed by atoms with van der Waals surface area (Å²) in [7, 11) is 1.75. The molecule has 3 heteroatoms. The van der Waals surface area contributed by atoms with Crippen molar-refractivity contribution in [3.8, 4) is 5.75 Å². The number of nitrogens with one attached hydrogen (secondary N) is 1. The van der Waals surface area contributed by atoms with E-state index < -0.39 is 0 Å². The number of hydrogen-bond donors (Lipinski definition) is 1. The van der Waals surface area contributed by atoms with E-state index in [0.717, 1.165) is 24.0 Å². The van der Waals surface area contributed by atoms with Crippen LogP contribution in [0.1, 0.15) is 30.9 Å². The molecule has 2 atom stereocenters. The molecule has 1 heterocycles. The molecule has 0 bridgehead atoms. The molecule has 2 unspecified atom stereocenters. The Kier molecular flexibility index (Phi) is 3.29. The van der Waals surface area contributed by atoms with Crippen LogP contribution in [0.3, 0.4) is 0 Å². The minimum atomic E-state index is 0.275. The summed E-state index contributed by atoms with van der Waals surface area (Å²) in [5, 5.41) is 4.54. The standard InChI is InChI=1S/C15H21NOS/c1-11-6-8-16-15(18-11)7-5-12-3-4-14(17-2)9-13(12)10-15/h3-4,9,11,16H,5-8,10H2,1-2H3. The zero-order valence-electron chi connectivity index (χ0n) is 11.2. The molecule has 1 N–H and O–H groups in total. The van der Waals surface area contributed by atoms with Crippen LogP contribution in [0.5, 0.6) is 5.75 Å². The molecule has 2 aliphatic rings. The largest absolute Gasteiger partial charge is 0.497 e. The molecule has 1 saturated heterocycles. The maximum absolute atomic E-state index is 5.35. The average molecular weight is 263 g/mol. The van der Waals surface area contributed by atoms with Gasteiger partial charge in [-0.15, -0.1) is 11.8 Å². The summed E-state index contributed by atoms with van der Waals surface area (Å²) in [5.41, 5.74) is 2.97. The number of methoxy groups -OCH3 is 1. The van der Waals surface area contributed by atoms with Gasteiger partial charge in [-0.3, -0.25) is 0 Å². The molecule has 98 valence electrons. The van der Waals surface area contributed by atoms with Crippen molar-refractivity contribution in [2.45, 2.75) is 42.7 Å². The fraction of sp³-hybridized carbons (Fsp3) is 0.600. The van der Waals surface area contributed by atoms with Crippen LogP contribution in [0.2, 0.25) is 0 Å².